The Morgan fingerprint density at radius 3 is 2.50 bits per heavy atom. The van der Waals surface area contributed by atoms with Crippen LogP contribution in [0.15, 0.2) is 24.3 Å². The SMILES string of the molecule is COC(=O)Cc1ccc(NC(=O)C2CCNCC2)cc1. The number of esters is 1. The summed E-state index contributed by atoms with van der Waals surface area (Å²) in [5, 5.41) is 6.16. The highest BCUT2D eigenvalue weighted by atomic mass is 16.5. The van der Waals surface area contributed by atoms with E-state index < -0.39 is 0 Å². The second kappa shape index (κ2) is 7.05. The third-order valence-electron chi connectivity index (χ3n) is 3.51. The van der Waals surface area contributed by atoms with E-state index in [4.69, 9.17) is 0 Å². The lowest BCUT2D eigenvalue weighted by Gasteiger charge is -2.21. The van der Waals surface area contributed by atoms with Crippen molar-refractivity contribution in [3.63, 3.8) is 0 Å². The zero-order chi connectivity index (χ0) is 14.4. The van der Waals surface area contributed by atoms with Gasteiger partial charge in [0.2, 0.25) is 5.91 Å². The van der Waals surface area contributed by atoms with Crippen molar-refractivity contribution in [1.82, 2.24) is 5.32 Å². The first-order chi connectivity index (χ1) is 9.69. The van der Waals surface area contributed by atoms with E-state index >= 15 is 0 Å². The van der Waals surface area contributed by atoms with Crippen LogP contribution in [-0.2, 0) is 20.7 Å². The number of methoxy groups -OCH3 is 1. The molecule has 1 aliphatic heterocycles. The van der Waals surface area contributed by atoms with Gasteiger partial charge in [0.15, 0.2) is 0 Å². The van der Waals surface area contributed by atoms with Crippen LogP contribution in [0.2, 0.25) is 0 Å². The molecule has 5 heteroatoms. The molecule has 2 rings (SSSR count). The van der Waals surface area contributed by atoms with Crippen molar-refractivity contribution in [3.8, 4) is 0 Å². The predicted molar refractivity (Wildman–Crippen MR) is 76.4 cm³/mol. The summed E-state index contributed by atoms with van der Waals surface area (Å²) in [5.74, 6) is -0.102. The standard InChI is InChI=1S/C15H20N2O3/c1-20-14(18)10-11-2-4-13(5-3-11)17-15(19)12-6-8-16-9-7-12/h2-5,12,16H,6-10H2,1H3,(H,17,19). The van der Waals surface area contributed by atoms with E-state index in [1.165, 1.54) is 7.11 Å². The van der Waals surface area contributed by atoms with E-state index in [0.717, 1.165) is 37.2 Å². The zero-order valence-electron chi connectivity index (χ0n) is 11.6. The monoisotopic (exact) mass is 276 g/mol. The maximum atomic E-state index is 12.1. The fraction of sp³-hybridized carbons (Fsp3) is 0.467. The number of hydrogen-bond acceptors (Lipinski definition) is 4. The van der Waals surface area contributed by atoms with Crippen LogP contribution in [0.3, 0.4) is 0 Å². The Balaban J connectivity index is 1.89. The Morgan fingerprint density at radius 1 is 1.25 bits per heavy atom. The molecule has 1 saturated heterocycles. The van der Waals surface area contributed by atoms with Crippen LogP contribution in [0.5, 0.6) is 0 Å². The van der Waals surface area contributed by atoms with Crippen LogP contribution < -0.4 is 10.6 Å². The molecule has 0 spiro atoms. The molecule has 108 valence electrons. The molecule has 0 bridgehead atoms. The summed E-state index contributed by atoms with van der Waals surface area (Å²) < 4.78 is 4.61. The van der Waals surface area contributed by atoms with Gasteiger partial charge >= 0.3 is 5.97 Å². The van der Waals surface area contributed by atoms with Gasteiger partial charge in [-0.1, -0.05) is 12.1 Å². The van der Waals surface area contributed by atoms with Crippen molar-refractivity contribution >= 4 is 17.6 Å². The highest BCUT2D eigenvalue weighted by Gasteiger charge is 2.20. The average Bonchev–Trinajstić information content (AvgIpc) is 2.50. The van der Waals surface area contributed by atoms with Crippen LogP contribution in [0.1, 0.15) is 18.4 Å². The van der Waals surface area contributed by atoms with Crippen LogP contribution in [0.25, 0.3) is 0 Å². The summed E-state index contributed by atoms with van der Waals surface area (Å²) in [7, 11) is 1.37. The molecule has 1 aromatic carbocycles. The van der Waals surface area contributed by atoms with Crippen LogP contribution in [0.4, 0.5) is 5.69 Å². The summed E-state index contributed by atoms with van der Waals surface area (Å²) in [6.45, 7) is 1.80. The molecule has 0 aromatic heterocycles. The maximum Gasteiger partial charge on any atom is 0.309 e. The molecule has 1 amide bonds. The van der Waals surface area contributed by atoms with E-state index in [-0.39, 0.29) is 24.2 Å². The quantitative estimate of drug-likeness (QED) is 0.814. The Hall–Kier alpha value is -1.88. The Morgan fingerprint density at radius 2 is 1.90 bits per heavy atom. The Kier molecular flexibility index (Phi) is 5.12. The highest BCUT2D eigenvalue weighted by Crippen LogP contribution is 2.16. The number of carbonyl (C=O) groups is 2. The van der Waals surface area contributed by atoms with Crippen molar-refractivity contribution in [2.45, 2.75) is 19.3 Å². The molecule has 1 fully saturated rings. The molecular weight excluding hydrogens is 256 g/mol. The minimum Gasteiger partial charge on any atom is -0.469 e. The molecule has 0 radical (unpaired) electrons. The molecule has 1 aromatic rings. The smallest absolute Gasteiger partial charge is 0.309 e. The minimum atomic E-state index is -0.267. The van der Waals surface area contributed by atoms with Gasteiger partial charge in [-0.25, -0.2) is 0 Å². The van der Waals surface area contributed by atoms with Gasteiger partial charge in [0.25, 0.3) is 0 Å². The normalized spacial score (nSPS) is 15.7. The number of amides is 1. The maximum absolute atomic E-state index is 12.1. The minimum absolute atomic E-state index is 0.0761. The van der Waals surface area contributed by atoms with Gasteiger partial charge < -0.3 is 15.4 Å². The summed E-state index contributed by atoms with van der Waals surface area (Å²) in [6.07, 6.45) is 2.01. The molecule has 1 aliphatic rings. The van der Waals surface area contributed by atoms with Crippen molar-refractivity contribution < 1.29 is 14.3 Å². The van der Waals surface area contributed by atoms with Gasteiger partial charge in [-0.15, -0.1) is 0 Å². The molecule has 0 unspecified atom stereocenters. The number of carbonyl (C=O) groups excluding carboxylic acids is 2. The van der Waals surface area contributed by atoms with E-state index in [0.29, 0.717) is 0 Å². The second-order valence-electron chi connectivity index (χ2n) is 4.96. The zero-order valence-corrected chi connectivity index (χ0v) is 11.6. The molecule has 5 nitrogen and oxygen atoms in total. The first-order valence-corrected chi connectivity index (χ1v) is 6.86. The Labute approximate surface area is 118 Å². The predicted octanol–water partition coefficient (Wildman–Crippen LogP) is 1.34. The number of ether oxygens (including phenoxy) is 1. The van der Waals surface area contributed by atoms with Crippen molar-refractivity contribution in [1.29, 1.82) is 0 Å². The van der Waals surface area contributed by atoms with Gasteiger partial charge in [0.05, 0.1) is 13.5 Å². The van der Waals surface area contributed by atoms with Gasteiger partial charge in [0.1, 0.15) is 0 Å². The van der Waals surface area contributed by atoms with Gasteiger partial charge in [-0.3, -0.25) is 9.59 Å². The van der Waals surface area contributed by atoms with E-state index in [9.17, 15) is 9.59 Å². The van der Waals surface area contributed by atoms with Crippen molar-refractivity contribution in [3.05, 3.63) is 29.8 Å². The number of rotatable bonds is 4. The second-order valence-corrected chi connectivity index (χ2v) is 4.96. The lowest BCUT2D eigenvalue weighted by atomic mass is 9.97. The van der Waals surface area contributed by atoms with Gasteiger partial charge in [-0.2, -0.15) is 0 Å². The van der Waals surface area contributed by atoms with Crippen LogP contribution in [-0.4, -0.2) is 32.1 Å². The molecule has 20 heavy (non-hydrogen) atoms. The van der Waals surface area contributed by atoms with E-state index in [2.05, 4.69) is 15.4 Å². The first-order valence-electron chi connectivity index (χ1n) is 6.86. The number of nitrogens with one attached hydrogen (secondary N) is 2. The largest absolute Gasteiger partial charge is 0.469 e. The van der Waals surface area contributed by atoms with Crippen LogP contribution in [0, 0.1) is 5.92 Å². The van der Waals surface area contributed by atoms with E-state index in [1.807, 2.05) is 24.3 Å². The number of piperidine rings is 1. The first kappa shape index (κ1) is 14.5. The summed E-state index contributed by atoms with van der Waals surface area (Å²) >= 11 is 0. The third-order valence-corrected chi connectivity index (χ3v) is 3.51. The fourth-order valence-electron chi connectivity index (χ4n) is 2.27. The van der Waals surface area contributed by atoms with Gasteiger partial charge in [0, 0.05) is 11.6 Å². The van der Waals surface area contributed by atoms with Gasteiger partial charge in [-0.05, 0) is 43.6 Å². The third kappa shape index (κ3) is 4.06. The summed E-state index contributed by atoms with van der Waals surface area (Å²) in [5.41, 5.74) is 1.64. The van der Waals surface area contributed by atoms with Crippen molar-refractivity contribution in [2.24, 2.45) is 5.92 Å². The highest BCUT2D eigenvalue weighted by molar-refractivity contribution is 5.92. The summed E-state index contributed by atoms with van der Waals surface area (Å²) in [4.78, 5) is 23.2. The number of benzene rings is 1. The average molecular weight is 276 g/mol. The van der Waals surface area contributed by atoms with E-state index in [1.54, 1.807) is 0 Å². The number of anilines is 1. The number of hydrogen-bond donors (Lipinski definition) is 2. The molecule has 0 atom stereocenters. The van der Waals surface area contributed by atoms with Crippen LogP contribution >= 0.6 is 0 Å². The summed E-state index contributed by atoms with van der Waals surface area (Å²) in [6, 6.07) is 7.29. The topological polar surface area (TPSA) is 67.4 Å². The molecule has 1 heterocycles. The fourth-order valence-corrected chi connectivity index (χ4v) is 2.27. The van der Waals surface area contributed by atoms with Crippen molar-refractivity contribution in [2.75, 3.05) is 25.5 Å². The molecule has 2 N–H and O–H groups in total. The Bertz CT molecular complexity index is 465. The lowest BCUT2D eigenvalue weighted by molar-refractivity contribution is -0.139. The molecule has 0 saturated carbocycles. The lowest BCUT2D eigenvalue weighted by Crippen LogP contribution is -2.34. The molecular formula is C15H20N2O3. The molecule has 0 aliphatic carbocycles.